The SMILES string of the molecule is CCC[C@@H]1C[C@]1(N)C(=O)NS(=O)(=O)C1(C)CC1. The van der Waals surface area contributed by atoms with E-state index in [0.717, 1.165) is 12.8 Å². The Labute approximate surface area is 102 Å². The lowest BCUT2D eigenvalue weighted by Crippen LogP contribution is -2.49. The molecule has 2 saturated carbocycles. The van der Waals surface area contributed by atoms with Crippen molar-refractivity contribution in [2.24, 2.45) is 11.7 Å². The van der Waals surface area contributed by atoms with Gasteiger partial charge in [0.25, 0.3) is 5.91 Å². The molecule has 6 heteroatoms. The van der Waals surface area contributed by atoms with Crippen LogP contribution in [0.2, 0.25) is 0 Å². The van der Waals surface area contributed by atoms with Crippen LogP contribution in [0, 0.1) is 5.92 Å². The molecule has 0 heterocycles. The average molecular weight is 260 g/mol. The molecule has 2 fully saturated rings. The monoisotopic (exact) mass is 260 g/mol. The molecule has 0 aliphatic heterocycles. The molecule has 2 aliphatic rings. The van der Waals surface area contributed by atoms with E-state index in [-0.39, 0.29) is 5.92 Å². The average Bonchev–Trinajstić information content (AvgIpc) is 3.08. The van der Waals surface area contributed by atoms with Gasteiger partial charge < -0.3 is 5.73 Å². The van der Waals surface area contributed by atoms with Crippen LogP contribution in [0.5, 0.6) is 0 Å². The number of sulfonamides is 1. The van der Waals surface area contributed by atoms with Crippen molar-refractivity contribution in [2.75, 3.05) is 0 Å². The quantitative estimate of drug-likeness (QED) is 0.753. The van der Waals surface area contributed by atoms with Crippen LogP contribution in [-0.4, -0.2) is 24.6 Å². The first-order valence-electron chi connectivity index (χ1n) is 6.11. The van der Waals surface area contributed by atoms with E-state index in [1.807, 2.05) is 6.92 Å². The molecule has 17 heavy (non-hydrogen) atoms. The minimum atomic E-state index is -3.55. The molecule has 0 aromatic rings. The Morgan fingerprint density at radius 2 is 2.06 bits per heavy atom. The second kappa shape index (κ2) is 3.68. The Morgan fingerprint density at radius 3 is 2.53 bits per heavy atom. The van der Waals surface area contributed by atoms with Gasteiger partial charge in [-0.05, 0) is 38.5 Å². The van der Waals surface area contributed by atoms with Gasteiger partial charge in [0.1, 0.15) is 0 Å². The maximum atomic E-state index is 11.9. The summed E-state index contributed by atoms with van der Waals surface area (Å²) < 4.78 is 25.2. The summed E-state index contributed by atoms with van der Waals surface area (Å²) in [5.74, 6) is -0.390. The van der Waals surface area contributed by atoms with Crippen LogP contribution in [0.1, 0.15) is 46.0 Å². The van der Waals surface area contributed by atoms with Crippen LogP contribution in [0.3, 0.4) is 0 Å². The minimum Gasteiger partial charge on any atom is -0.317 e. The maximum absolute atomic E-state index is 11.9. The number of hydrogen-bond donors (Lipinski definition) is 2. The second-order valence-corrected chi connectivity index (χ2v) is 7.81. The van der Waals surface area contributed by atoms with E-state index in [1.165, 1.54) is 0 Å². The van der Waals surface area contributed by atoms with Crippen LogP contribution >= 0.6 is 0 Å². The highest BCUT2D eigenvalue weighted by Gasteiger charge is 2.59. The van der Waals surface area contributed by atoms with Gasteiger partial charge in [-0.3, -0.25) is 9.52 Å². The zero-order valence-electron chi connectivity index (χ0n) is 10.3. The molecule has 3 N–H and O–H groups in total. The van der Waals surface area contributed by atoms with Gasteiger partial charge in [0.15, 0.2) is 0 Å². The zero-order chi connectivity index (χ0) is 12.9. The van der Waals surface area contributed by atoms with E-state index in [1.54, 1.807) is 6.92 Å². The summed E-state index contributed by atoms with van der Waals surface area (Å²) in [5.41, 5.74) is 4.96. The highest BCUT2D eigenvalue weighted by molar-refractivity contribution is 7.91. The third-order valence-corrected chi connectivity index (χ3v) is 6.20. The summed E-state index contributed by atoms with van der Waals surface area (Å²) >= 11 is 0. The van der Waals surface area contributed by atoms with E-state index in [9.17, 15) is 13.2 Å². The van der Waals surface area contributed by atoms with Gasteiger partial charge >= 0.3 is 0 Å². The van der Waals surface area contributed by atoms with Gasteiger partial charge in [-0.15, -0.1) is 0 Å². The molecular weight excluding hydrogens is 240 g/mol. The van der Waals surface area contributed by atoms with Crippen molar-refractivity contribution in [3.05, 3.63) is 0 Å². The Bertz CT molecular complexity index is 442. The van der Waals surface area contributed by atoms with Crippen LogP contribution in [0.15, 0.2) is 0 Å². The molecule has 0 bridgehead atoms. The van der Waals surface area contributed by atoms with Crippen molar-refractivity contribution in [1.82, 2.24) is 4.72 Å². The predicted octanol–water partition coefficient (Wildman–Crippen LogP) is 0.502. The summed E-state index contributed by atoms with van der Waals surface area (Å²) in [7, 11) is -3.55. The molecule has 5 nitrogen and oxygen atoms in total. The van der Waals surface area contributed by atoms with E-state index in [0.29, 0.717) is 19.3 Å². The molecule has 1 amide bonds. The van der Waals surface area contributed by atoms with Crippen molar-refractivity contribution in [3.63, 3.8) is 0 Å². The number of nitrogens with one attached hydrogen (secondary N) is 1. The molecule has 0 aromatic carbocycles. The Hall–Kier alpha value is -0.620. The van der Waals surface area contributed by atoms with Gasteiger partial charge in [0.2, 0.25) is 10.0 Å². The molecule has 2 atom stereocenters. The van der Waals surface area contributed by atoms with Gasteiger partial charge in [-0.1, -0.05) is 13.3 Å². The third kappa shape index (κ3) is 2.08. The first kappa shape index (κ1) is 12.8. The molecule has 0 saturated heterocycles. The Kier molecular flexibility index (Phi) is 2.78. The van der Waals surface area contributed by atoms with E-state index in [4.69, 9.17) is 5.73 Å². The number of amides is 1. The van der Waals surface area contributed by atoms with Crippen molar-refractivity contribution < 1.29 is 13.2 Å². The van der Waals surface area contributed by atoms with Gasteiger partial charge in [-0.2, -0.15) is 0 Å². The van der Waals surface area contributed by atoms with Crippen LogP contribution in [-0.2, 0) is 14.8 Å². The van der Waals surface area contributed by atoms with Gasteiger partial charge in [0.05, 0.1) is 10.3 Å². The Morgan fingerprint density at radius 1 is 1.47 bits per heavy atom. The molecule has 98 valence electrons. The fourth-order valence-corrected chi connectivity index (χ4v) is 3.44. The molecule has 2 rings (SSSR count). The summed E-state index contributed by atoms with van der Waals surface area (Å²) in [4.78, 5) is 11.9. The smallest absolute Gasteiger partial charge is 0.253 e. The van der Waals surface area contributed by atoms with Crippen molar-refractivity contribution in [3.8, 4) is 0 Å². The molecule has 0 radical (unpaired) electrons. The van der Waals surface area contributed by atoms with Gasteiger partial charge in [-0.25, -0.2) is 8.42 Å². The first-order chi connectivity index (χ1) is 7.75. The second-order valence-electron chi connectivity index (χ2n) is 5.61. The number of hydrogen-bond acceptors (Lipinski definition) is 4. The van der Waals surface area contributed by atoms with Crippen molar-refractivity contribution >= 4 is 15.9 Å². The summed E-state index contributed by atoms with van der Waals surface area (Å²) in [6.07, 6.45) is 3.67. The number of nitrogens with two attached hydrogens (primary N) is 1. The maximum Gasteiger partial charge on any atom is 0.253 e. The largest absolute Gasteiger partial charge is 0.317 e. The Balaban J connectivity index is 1.99. The zero-order valence-corrected chi connectivity index (χ0v) is 11.1. The number of rotatable bonds is 5. The summed E-state index contributed by atoms with van der Waals surface area (Å²) in [5, 5.41) is 0. The number of carbonyl (C=O) groups is 1. The number of carbonyl (C=O) groups excluding carboxylic acids is 1. The lowest BCUT2D eigenvalue weighted by atomic mass is 10.1. The van der Waals surface area contributed by atoms with Crippen LogP contribution < -0.4 is 10.5 Å². The summed E-state index contributed by atoms with van der Waals surface area (Å²) in [6, 6.07) is 0. The van der Waals surface area contributed by atoms with Crippen molar-refractivity contribution in [1.29, 1.82) is 0 Å². The van der Waals surface area contributed by atoms with E-state index < -0.39 is 26.2 Å². The van der Waals surface area contributed by atoms with Crippen LogP contribution in [0.25, 0.3) is 0 Å². The lowest BCUT2D eigenvalue weighted by molar-refractivity contribution is -0.121. The normalized spacial score (nSPS) is 34.2. The fraction of sp³-hybridized carbons (Fsp3) is 0.909. The summed E-state index contributed by atoms with van der Waals surface area (Å²) in [6.45, 7) is 3.68. The lowest BCUT2D eigenvalue weighted by Gasteiger charge is -2.15. The first-order valence-corrected chi connectivity index (χ1v) is 7.59. The fourth-order valence-electron chi connectivity index (χ4n) is 2.12. The standard InChI is InChI=1S/C11H20N2O3S/c1-3-4-8-7-11(8,12)9(14)13-17(15,16)10(2)5-6-10/h8H,3-7,12H2,1-2H3,(H,13,14)/t8-,11-/m1/s1. The molecule has 2 aliphatic carbocycles. The topological polar surface area (TPSA) is 89.3 Å². The minimum absolute atomic E-state index is 0.134. The van der Waals surface area contributed by atoms with Crippen LogP contribution in [0.4, 0.5) is 0 Å². The molecule has 0 aromatic heterocycles. The van der Waals surface area contributed by atoms with E-state index >= 15 is 0 Å². The van der Waals surface area contributed by atoms with Gasteiger partial charge in [0, 0.05) is 0 Å². The molecular formula is C11H20N2O3S. The van der Waals surface area contributed by atoms with E-state index in [2.05, 4.69) is 4.72 Å². The molecule has 0 spiro atoms. The molecule has 0 unspecified atom stereocenters. The third-order valence-electron chi connectivity index (χ3n) is 4.04. The highest BCUT2D eigenvalue weighted by atomic mass is 32.2. The predicted molar refractivity (Wildman–Crippen MR) is 64.6 cm³/mol. The highest BCUT2D eigenvalue weighted by Crippen LogP contribution is 2.46. The van der Waals surface area contributed by atoms with Crippen molar-refractivity contribution in [2.45, 2.75) is 56.2 Å².